The highest BCUT2D eigenvalue weighted by atomic mass is 16.5. The van der Waals surface area contributed by atoms with Crippen LogP contribution in [0.15, 0.2) is 29.4 Å². The van der Waals surface area contributed by atoms with Crippen LogP contribution in [0, 0.1) is 5.92 Å². The van der Waals surface area contributed by atoms with Crippen molar-refractivity contribution in [1.29, 1.82) is 0 Å². The predicted octanol–water partition coefficient (Wildman–Crippen LogP) is 2.82. The van der Waals surface area contributed by atoms with Gasteiger partial charge >= 0.3 is 0 Å². The highest BCUT2D eigenvalue weighted by Crippen LogP contribution is 2.33. The smallest absolute Gasteiger partial charge is 0.119 e. The van der Waals surface area contributed by atoms with Crippen molar-refractivity contribution in [3.8, 4) is 5.75 Å². The summed E-state index contributed by atoms with van der Waals surface area (Å²) in [5, 5.41) is 4.58. The Kier molecular flexibility index (Phi) is 4.44. The number of hydrogen-bond acceptors (Lipinski definition) is 4. The molecule has 4 nitrogen and oxygen atoms in total. The lowest BCUT2D eigenvalue weighted by atomic mass is 9.86. The highest BCUT2D eigenvalue weighted by Gasteiger charge is 2.36. The SMILES string of the molecule is CCCN1CCC2=NNC(c3ccc(OCC)cc3)C2C1. The van der Waals surface area contributed by atoms with E-state index in [2.05, 4.69) is 46.6 Å². The average molecular weight is 287 g/mol. The predicted molar refractivity (Wildman–Crippen MR) is 85.8 cm³/mol. The van der Waals surface area contributed by atoms with Gasteiger partial charge in [0.2, 0.25) is 0 Å². The molecule has 2 unspecified atom stereocenters. The molecule has 114 valence electrons. The molecule has 2 heterocycles. The van der Waals surface area contributed by atoms with Gasteiger partial charge in [-0.25, -0.2) is 0 Å². The summed E-state index contributed by atoms with van der Waals surface area (Å²) < 4.78 is 5.52. The molecule has 0 aromatic heterocycles. The van der Waals surface area contributed by atoms with E-state index in [4.69, 9.17) is 4.74 Å². The maximum atomic E-state index is 5.52. The van der Waals surface area contributed by atoms with Gasteiger partial charge < -0.3 is 15.1 Å². The molecule has 0 amide bonds. The van der Waals surface area contributed by atoms with Gasteiger partial charge in [0, 0.05) is 31.1 Å². The summed E-state index contributed by atoms with van der Waals surface area (Å²) in [6, 6.07) is 8.77. The first-order valence-electron chi connectivity index (χ1n) is 8.09. The maximum Gasteiger partial charge on any atom is 0.119 e. The Labute approximate surface area is 127 Å². The van der Waals surface area contributed by atoms with Gasteiger partial charge in [0.25, 0.3) is 0 Å². The molecule has 3 rings (SSSR count). The second-order valence-electron chi connectivity index (χ2n) is 5.87. The van der Waals surface area contributed by atoms with Crippen molar-refractivity contribution in [2.45, 2.75) is 32.7 Å². The monoisotopic (exact) mass is 287 g/mol. The number of rotatable bonds is 5. The van der Waals surface area contributed by atoms with Gasteiger partial charge in [0.1, 0.15) is 5.75 Å². The molecular weight excluding hydrogens is 262 g/mol. The van der Waals surface area contributed by atoms with E-state index in [0.717, 1.165) is 25.3 Å². The lowest BCUT2D eigenvalue weighted by Crippen LogP contribution is -2.42. The van der Waals surface area contributed by atoms with Gasteiger partial charge in [-0.3, -0.25) is 0 Å². The zero-order chi connectivity index (χ0) is 14.7. The lowest BCUT2D eigenvalue weighted by Gasteiger charge is -2.33. The minimum Gasteiger partial charge on any atom is -0.494 e. The second-order valence-corrected chi connectivity index (χ2v) is 5.87. The molecule has 1 saturated heterocycles. The van der Waals surface area contributed by atoms with E-state index in [-0.39, 0.29) is 0 Å². The summed E-state index contributed by atoms with van der Waals surface area (Å²) in [5.74, 6) is 1.46. The molecule has 2 aliphatic heterocycles. The standard InChI is InChI=1S/C17H25N3O/c1-3-10-20-11-9-16-15(12-20)17(19-18-16)13-5-7-14(8-6-13)21-4-2/h5-8,15,17,19H,3-4,9-12H2,1-2H3. The van der Waals surface area contributed by atoms with Crippen LogP contribution in [0.4, 0.5) is 0 Å². The van der Waals surface area contributed by atoms with Crippen molar-refractivity contribution < 1.29 is 4.74 Å². The second kappa shape index (κ2) is 6.48. The van der Waals surface area contributed by atoms with Gasteiger partial charge in [-0.1, -0.05) is 19.1 Å². The minimum atomic E-state index is 0.315. The third-order valence-electron chi connectivity index (χ3n) is 4.41. The van der Waals surface area contributed by atoms with Crippen molar-refractivity contribution in [1.82, 2.24) is 10.3 Å². The molecule has 0 radical (unpaired) electrons. The van der Waals surface area contributed by atoms with Crippen LogP contribution in [0.1, 0.15) is 38.3 Å². The Hall–Kier alpha value is -1.55. The molecule has 2 atom stereocenters. The Bertz CT molecular complexity index is 497. The summed E-state index contributed by atoms with van der Waals surface area (Å²) in [6.07, 6.45) is 2.32. The number of hydrogen-bond donors (Lipinski definition) is 1. The molecule has 0 aliphatic carbocycles. The summed E-state index contributed by atoms with van der Waals surface area (Å²) in [6.45, 7) is 8.44. The van der Waals surface area contributed by atoms with Crippen LogP contribution in [0.3, 0.4) is 0 Å². The number of likely N-dealkylation sites (tertiary alicyclic amines) is 1. The topological polar surface area (TPSA) is 36.9 Å². The maximum absolute atomic E-state index is 5.52. The van der Waals surface area contributed by atoms with E-state index in [0.29, 0.717) is 18.6 Å². The fourth-order valence-corrected chi connectivity index (χ4v) is 3.38. The van der Waals surface area contributed by atoms with Crippen LogP contribution in [-0.4, -0.2) is 36.9 Å². The molecule has 1 N–H and O–H groups in total. The number of ether oxygens (including phenoxy) is 1. The molecule has 1 aromatic carbocycles. The molecule has 0 saturated carbocycles. The fraction of sp³-hybridized carbons (Fsp3) is 0.588. The first-order chi connectivity index (χ1) is 10.3. The quantitative estimate of drug-likeness (QED) is 0.905. The van der Waals surface area contributed by atoms with E-state index in [1.165, 1.54) is 24.2 Å². The van der Waals surface area contributed by atoms with Crippen LogP contribution in [0.25, 0.3) is 0 Å². The van der Waals surface area contributed by atoms with E-state index >= 15 is 0 Å². The molecule has 0 spiro atoms. The molecule has 1 fully saturated rings. The fourth-order valence-electron chi connectivity index (χ4n) is 3.38. The number of nitrogens with zero attached hydrogens (tertiary/aromatic N) is 2. The van der Waals surface area contributed by atoms with Crippen LogP contribution >= 0.6 is 0 Å². The molecule has 2 aliphatic rings. The number of nitrogens with one attached hydrogen (secondary N) is 1. The normalized spacial score (nSPS) is 25.1. The Morgan fingerprint density at radius 3 is 2.81 bits per heavy atom. The van der Waals surface area contributed by atoms with Crippen LogP contribution in [0.5, 0.6) is 5.75 Å². The highest BCUT2D eigenvalue weighted by molar-refractivity contribution is 5.89. The average Bonchev–Trinajstić information content (AvgIpc) is 2.92. The van der Waals surface area contributed by atoms with Gasteiger partial charge in [-0.2, -0.15) is 5.10 Å². The van der Waals surface area contributed by atoms with E-state index in [9.17, 15) is 0 Å². The van der Waals surface area contributed by atoms with E-state index < -0.39 is 0 Å². The molecule has 1 aromatic rings. The van der Waals surface area contributed by atoms with Crippen molar-refractivity contribution >= 4 is 5.71 Å². The van der Waals surface area contributed by atoms with Crippen molar-refractivity contribution in [3.05, 3.63) is 29.8 Å². The molecule has 4 heteroatoms. The zero-order valence-electron chi connectivity index (χ0n) is 13.0. The largest absolute Gasteiger partial charge is 0.494 e. The Balaban J connectivity index is 1.71. The molecule has 21 heavy (non-hydrogen) atoms. The van der Waals surface area contributed by atoms with E-state index in [1.54, 1.807) is 0 Å². The van der Waals surface area contributed by atoms with Gasteiger partial charge in [-0.05, 0) is 37.6 Å². The third kappa shape index (κ3) is 3.05. The van der Waals surface area contributed by atoms with Crippen LogP contribution in [-0.2, 0) is 0 Å². The minimum absolute atomic E-state index is 0.315. The summed E-state index contributed by atoms with van der Waals surface area (Å²) in [4.78, 5) is 2.57. The lowest BCUT2D eigenvalue weighted by molar-refractivity contribution is 0.228. The Morgan fingerprint density at radius 2 is 2.10 bits per heavy atom. The number of fused-ring (bicyclic) bond motifs is 1. The van der Waals surface area contributed by atoms with Crippen molar-refractivity contribution in [2.24, 2.45) is 11.0 Å². The zero-order valence-corrected chi connectivity index (χ0v) is 13.0. The van der Waals surface area contributed by atoms with Gasteiger partial charge in [-0.15, -0.1) is 0 Å². The molecular formula is C17H25N3O. The number of benzene rings is 1. The molecule has 0 bridgehead atoms. The van der Waals surface area contributed by atoms with E-state index in [1.807, 2.05) is 6.92 Å². The van der Waals surface area contributed by atoms with Gasteiger partial charge in [0.15, 0.2) is 0 Å². The Morgan fingerprint density at radius 1 is 1.29 bits per heavy atom. The summed E-state index contributed by atoms with van der Waals surface area (Å²) in [7, 11) is 0. The van der Waals surface area contributed by atoms with Crippen molar-refractivity contribution in [2.75, 3.05) is 26.2 Å². The summed E-state index contributed by atoms with van der Waals surface area (Å²) >= 11 is 0. The number of piperidine rings is 1. The first-order valence-corrected chi connectivity index (χ1v) is 8.09. The van der Waals surface area contributed by atoms with Crippen molar-refractivity contribution in [3.63, 3.8) is 0 Å². The third-order valence-corrected chi connectivity index (χ3v) is 4.41. The van der Waals surface area contributed by atoms with Crippen LogP contribution in [0.2, 0.25) is 0 Å². The van der Waals surface area contributed by atoms with Gasteiger partial charge in [0.05, 0.1) is 12.6 Å². The van der Waals surface area contributed by atoms with Crippen LogP contribution < -0.4 is 10.2 Å². The summed E-state index contributed by atoms with van der Waals surface area (Å²) in [5.41, 5.74) is 6.00. The first kappa shape index (κ1) is 14.4. The number of hydrazone groups is 1.